The lowest BCUT2D eigenvalue weighted by Gasteiger charge is -2.15. The molecule has 0 bridgehead atoms. The number of fused-ring (bicyclic) bond motifs is 1. The lowest BCUT2D eigenvalue weighted by Crippen LogP contribution is -2.23. The third-order valence-corrected chi connectivity index (χ3v) is 6.28. The van der Waals surface area contributed by atoms with Gasteiger partial charge < -0.3 is 10.4 Å². The van der Waals surface area contributed by atoms with Crippen molar-refractivity contribution in [3.8, 4) is 5.69 Å². The molecule has 1 unspecified atom stereocenters. The molecule has 2 N–H and O–H groups in total. The summed E-state index contributed by atoms with van der Waals surface area (Å²) in [6.07, 6.45) is 0. The van der Waals surface area contributed by atoms with Gasteiger partial charge in [0.15, 0.2) is 5.16 Å². The number of benzene rings is 3. The van der Waals surface area contributed by atoms with Crippen LogP contribution < -0.4 is 5.32 Å². The van der Waals surface area contributed by atoms with Crippen LogP contribution in [0.15, 0.2) is 71.9 Å². The number of imidazole rings is 1. The molecular weight excluding hydrogens is 446 g/mol. The number of hydrogen-bond donors (Lipinski definition) is 2. The van der Waals surface area contributed by atoms with Crippen molar-refractivity contribution in [2.75, 3.05) is 5.32 Å². The second-order valence-corrected chi connectivity index (χ2v) is 9.02. The van der Waals surface area contributed by atoms with Crippen molar-refractivity contribution >= 4 is 52.0 Å². The third-order valence-electron chi connectivity index (χ3n) is 4.92. The van der Waals surface area contributed by atoms with Crippen LogP contribution in [0.1, 0.15) is 22.8 Å². The van der Waals surface area contributed by atoms with E-state index in [1.165, 1.54) is 11.8 Å². The number of carboxylic acids is 1. The van der Waals surface area contributed by atoms with E-state index in [-0.39, 0.29) is 11.5 Å². The van der Waals surface area contributed by atoms with Crippen LogP contribution in [-0.4, -0.2) is 31.8 Å². The molecule has 0 spiro atoms. The maximum atomic E-state index is 12.9. The normalized spacial score (nSPS) is 12.0. The molecule has 0 aliphatic carbocycles. The summed E-state index contributed by atoms with van der Waals surface area (Å²) in [7, 11) is 0. The summed E-state index contributed by atoms with van der Waals surface area (Å²) in [4.78, 5) is 29.0. The van der Waals surface area contributed by atoms with Crippen molar-refractivity contribution < 1.29 is 14.7 Å². The monoisotopic (exact) mass is 465 g/mol. The highest BCUT2D eigenvalue weighted by Crippen LogP contribution is 2.32. The van der Waals surface area contributed by atoms with Crippen molar-refractivity contribution in [1.29, 1.82) is 0 Å². The number of thioether (sulfide) groups is 1. The summed E-state index contributed by atoms with van der Waals surface area (Å²) in [5.74, 6) is -1.22. The SMILES string of the molecule is Cc1ccc(NC(=O)C(C)Sc2nc3ccccc3n2-c2cccc(C(=O)O)c2)c(Cl)c1. The first-order valence-corrected chi connectivity index (χ1v) is 11.1. The van der Waals surface area contributed by atoms with Gasteiger partial charge in [-0.05, 0) is 61.9 Å². The molecule has 0 aliphatic rings. The van der Waals surface area contributed by atoms with Crippen molar-refractivity contribution in [3.63, 3.8) is 0 Å². The number of halogens is 1. The third kappa shape index (κ3) is 4.49. The van der Waals surface area contributed by atoms with E-state index in [0.717, 1.165) is 16.6 Å². The number of anilines is 1. The first kappa shape index (κ1) is 21.9. The first-order chi connectivity index (χ1) is 15.3. The molecule has 1 amide bonds. The Bertz CT molecular complexity index is 1340. The number of hydrogen-bond acceptors (Lipinski definition) is 4. The van der Waals surface area contributed by atoms with Crippen molar-refractivity contribution in [3.05, 3.63) is 82.9 Å². The molecule has 3 aromatic carbocycles. The molecule has 0 fully saturated rings. The largest absolute Gasteiger partial charge is 0.478 e. The Balaban J connectivity index is 1.67. The fraction of sp³-hybridized carbons (Fsp3) is 0.125. The minimum Gasteiger partial charge on any atom is -0.478 e. The van der Waals surface area contributed by atoms with Gasteiger partial charge in [-0.15, -0.1) is 0 Å². The van der Waals surface area contributed by atoms with Gasteiger partial charge in [0.05, 0.1) is 32.6 Å². The summed E-state index contributed by atoms with van der Waals surface area (Å²) in [5, 5.41) is 12.8. The van der Waals surface area contributed by atoms with Crippen molar-refractivity contribution in [2.45, 2.75) is 24.3 Å². The molecule has 4 aromatic rings. The van der Waals surface area contributed by atoms with E-state index in [1.807, 2.05) is 47.9 Å². The van der Waals surface area contributed by atoms with Gasteiger partial charge in [0.1, 0.15) is 0 Å². The van der Waals surface area contributed by atoms with Crippen LogP contribution in [-0.2, 0) is 4.79 Å². The van der Waals surface area contributed by atoms with E-state index in [9.17, 15) is 14.7 Å². The van der Waals surface area contributed by atoms with Crippen LogP contribution in [0.3, 0.4) is 0 Å². The van der Waals surface area contributed by atoms with Crippen LogP contribution in [0.5, 0.6) is 0 Å². The van der Waals surface area contributed by atoms with Gasteiger partial charge in [-0.25, -0.2) is 9.78 Å². The number of carbonyl (C=O) groups excluding carboxylic acids is 1. The molecule has 0 saturated heterocycles. The highest BCUT2D eigenvalue weighted by Gasteiger charge is 2.21. The number of para-hydroxylation sites is 2. The molecule has 4 rings (SSSR count). The Labute approximate surface area is 194 Å². The minimum atomic E-state index is -1.01. The van der Waals surface area contributed by atoms with Gasteiger partial charge in [-0.3, -0.25) is 9.36 Å². The summed E-state index contributed by atoms with van der Waals surface area (Å²) in [6, 6.07) is 19.7. The van der Waals surface area contributed by atoms with Gasteiger partial charge in [0.2, 0.25) is 5.91 Å². The zero-order valence-electron chi connectivity index (χ0n) is 17.4. The smallest absolute Gasteiger partial charge is 0.335 e. The molecule has 0 saturated carbocycles. The molecule has 162 valence electrons. The van der Waals surface area contributed by atoms with E-state index in [4.69, 9.17) is 16.6 Å². The number of carboxylic acid groups (broad SMARTS) is 1. The predicted molar refractivity (Wildman–Crippen MR) is 128 cm³/mol. The van der Waals surface area contributed by atoms with Crippen LogP contribution in [0.25, 0.3) is 16.7 Å². The number of rotatable bonds is 6. The average molecular weight is 466 g/mol. The lowest BCUT2D eigenvalue weighted by atomic mass is 10.2. The van der Waals surface area contributed by atoms with Crippen LogP contribution in [0.2, 0.25) is 5.02 Å². The number of aromatic carboxylic acids is 1. The highest BCUT2D eigenvalue weighted by molar-refractivity contribution is 8.00. The topological polar surface area (TPSA) is 84.2 Å². The Morgan fingerprint density at radius 1 is 1.09 bits per heavy atom. The molecule has 1 atom stereocenters. The molecule has 8 heteroatoms. The Morgan fingerprint density at radius 2 is 1.88 bits per heavy atom. The molecule has 1 aromatic heterocycles. The first-order valence-electron chi connectivity index (χ1n) is 9.88. The molecule has 0 radical (unpaired) electrons. The number of carbonyl (C=O) groups is 2. The summed E-state index contributed by atoms with van der Waals surface area (Å²) < 4.78 is 1.87. The quantitative estimate of drug-likeness (QED) is 0.351. The fourth-order valence-electron chi connectivity index (χ4n) is 3.28. The number of aromatic nitrogens is 2. The zero-order chi connectivity index (χ0) is 22.8. The maximum Gasteiger partial charge on any atom is 0.335 e. The number of nitrogens with one attached hydrogen (secondary N) is 1. The Hall–Kier alpha value is -3.29. The van der Waals surface area contributed by atoms with E-state index >= 15 is 0 Å². The second-order valence-electron chi connectivity index (χ2n) is 7.31. The Morgan fingerprint density at radius 3 is 2.62 bits per heavy atom. The van der Waals surface area contributed by atoms with Gasteiger partial charge in [-0.2, -0.15) is 0 Å². The highest BCUT2D eigenvalue weighted by atomic mass is 35.5. The number of nitrogens with zero attached hydrogens (tertiary/aromatic N) is 2. The van der Waals surface area contributed by atoms with Crippen LogP contribution >= 0.6 is 23.4 Å². The molecule has 6 nitrogen and oxygen atoms in total. The number of amides is 1. The van der Waals surface area contributed by atoms with E-state index < -0.39 is 11.2 Å². The van der Waals surface area contributed by atoms with Gasteiger partial charge in [0, 0.05) is 5.69 Å². The predicted octanol–water partition coefficient (Wildman–Crippen LogP) is 5.80. The number of aryl methyl sites for hydroxylation is 1. The maximum absolute atomic E-state index is 12.9. The van der Waals surface area contributed by atoms with Crippen LogP contribution in [0.4, 0.5) is 5.69 Å². The standard InChI is InChI=1S/C24H20ClN3O3S/c1-14-10-11-19(18(25)12-14)26-22(29)15(2)32-24-27-20-8-3-4-9-21(20)28(24)17-7-5-6-16(13-17)23(30)31/h3-13,15H,1-2H3,(H,26,29)(H,30,31). The van der Waals surface area contributed by atoms with Gasteiger partial charge in [-0.1, -0.05) is 47.6 Å². The van der Waals surface area contributed by atoms with Crippen molar-refractivity contribution in [2.24, 2.45) is 0 Å². The summed E-state index contributed by atoms with van der Waals surface area (Å²) in [6.45, 7) is 3.72. The molecule has 32 heavy (non-hydrogen) atoms. The van der Waals surface area contributed by atoms with E-state index in [1.54, 1.807) is 37.3 Å². The van der Waals surface area contributed by atoms with Crippen molar-refractivity contribution in [1.82, 2.24) is 9.55 Å². The van der Waals surface area contributed by atoms with Gasteiger partial charge in [0.25, 0.3) is 0 Å². The lowest BCUT2D eigenvalue weighted by molar-refractivity contribution is -0.115. The van der Waals surface area contributed by atoms with Crippen LogP contribution in [0, 0.1) is 6.92 Å². The van der Waals surface area contributed by atoms with E-state index in [0.29, 0.717) is 21.6 Å². The average Bonchev–Trinajstić information content (AvgIpc) is 3.13. The molecular formula is C24H20ClN3O3S. The summed E-state index contributed by atoms with van der Waals surface area (Å²) >= 11 is 7.54. The summed E-state index contributed by atoms with van der Waals surface area (Å²) in [5.41, 5.74) is 3.98. The Kier molecular flexibility index (Phi) is 6.21. The minimum absolute atomic E-state index is 0.177. The fourth-order valence-corrected chi connectivity index (χ4v) is 4.50. The molecule has 1 heterocycles. The second kappa shape index (κ2) is 9.06. The van der Waals surface area contributed by atoms with Gasteiger partial charge >= 0.3 is 5.97 Å². The van der Waals surface area contributed by atoms with E-state index in [2.05, 4.69) is 5.32 Å². The molecule has 0 aliphatic heterocycles. The zero-order valence-corrected chi connectivity index (χ0v) is 18.9.